The minimum absolute atomic E-state index is 0.0142. The summed E-state index contributed by atoms with van der Waals surface area (Å²) in [7, 11) is 1.79. The summed E-state index contributed by atoms with van der Waals surface area (Å²) in [6, 6.07) is 6.56. The fraction of sp³-hybridized carbons (Fsp3) is 0.227. The number of H-pyrrole nitrogens is 1. The van der Waals surface area contributed by atoms with Crippen molar-refractivity contribution in [3.05, 3.63) is 92.5 Å². The monoisotopic (exact) mass is 434 g/mol. The lowest BCUT2D eigenvalue weighted by Crippen LogP contribution is -2.32. The van der Waals surface area contributed by atoms with E-state index in [4.69, 9.17) is 0 Å². The predicted octanol–water partition coefficient (Wildman–Crippen LogP) is 1.81. The Balaban J connectivity index is 1.53. The van der Waals surface area contributed by atoms with Gasteiger partial charge in [-0.05, 0) is 36.6 Å². The molecule has 10 heteroatoms. The number of fused-ring (bicyclic) bond motifs is 1. The molecule has 5 rings (SSSR count). The van der Waals surface area contributed by atoms with Crippen LogP contribution in [0, 0.1) is 5.82 Å². The van der Waals surface area contributed by atoms with Crippen molar-refractivity contribution in [3.8, 4) is 0 Å². The number of carbonyl (C=O) groups excluding carboxylic acids is 1. The first-order chi connectivity index (χ1) is 15.4. The smallest absolute Gasteiger partial charge is 0.330 e. The Morgan fingerprint density at radius 1 is 1.22 bits per heavy atom. The lowest BCUT2D eigenvalue weighted by Gasteiger charge is -2.19. The average Bonchev–Trinajstić information content (AvgIpc) is 3.52. The molecular formula is C22H19FN6O3. The Morgan fingerprint density at radius 3 is 2.62 bits per heavy atom. The average molecular weight is 434 g/mol. The van der Waals surface area contributed by atoms with Gasteiger partial charge in [0.15, 0.2) is 0 Å². The van der Waals surface area contributed by atoms with Gasteiger partial charge in [-0.3, -0.25) is 19.1 Å². The van der Waals surface area contributed by atoms with Gasteiger partial charge < -0.3 is 9.88 Å². The molecule has 1 aliphatic rings. The summed E-state index contributed by atoms with van der Waals surface area (Å²) in [6.07, 6.45) is 6.37. The van der Waals surface area contributed by atoms with E-state index in [0.717, 1.165) is 12.8 Å². The lowest BCUT2D eigenvalue weighted by atomic mass is 10.1. The Hall–Kier alpha value is -4.08. The number of carbonyl (C=O) groups is 1. The van der Waals surface area contributed by atoms with Crippen molar-refractivity contribution in [2.24, 2.45) is 7.05 Å². The Kier molecular flexibility index (Phi) is 4.69. The molecule has 4 aromatic rings. The van der Waals surface area contributed by atoms with E-state index >= 15 is 0 Å². The highest BCUT2D eigenvalue weighted by Crippen LogP contribution is 2.34. The van der Waals surface area contributed by atoms with Gasteiger partial charge in [0.1, 0.15) is 23.3 Å². The molecule has 1 aromatic carbocycles. The third kappa shape index (κ3) is 3.49. The van der Waals surface area contributed by atoms with Crippen molar-refractivity contribution in [2.75, 3.05) is 0 Å². The second-order valence-electron chi connectivity index (χ2n) is 7.81. The molecule has 1 aliphatic carbocycles. The Morgan fingerprint density at radius 2 is 1.97 bits per heavy atom. The maximum atomic E-state index is 13.4. The molecule has 3 heterocycles. The van der Waals surface area contributed by atoms with Crippen LogP contribution in [0.15, 0.2) is 58.5 Å². The summed E-state index contributed by atoms with van der Waals surface area (Å²) in [4.78, 5) is 48.6. The summed E-state index contributed by atoms with van der Waals surface area (Å²) in [6.45, 7) is 0. The predicted molar refractivity (Wildman–Crippen MR) is 114 cm³/mol. The van der Waals surface area contributed by atoms with E-state index < -0.39 is 29.0 Å². The van der Waals surface area contributed by atoms with E-state index in [0.29, 0.717) is 11.4 Å². The second kappa shape index (κ2) is 7.56. The lowest BCUT2D eigenvalue weighted by molar-refractivity contribution is 0.0941. The summed E-state index contributed by atoms with van der Waals surface area (Å²) in [5.74, 6) is -0.322. The quantitative estimate of drug-likeness (QED) is 0.497. The molecule has 162 valence electrons. The van der Waals surface area contributed by atoms with E-state index in [-0.39, 0.29) is 22.6 Å². The van der Waals surface area contributed by atoms with Gasteiger partial charge in [0.25, 0.3) is 11.5 Å². The minimum Gasteiger partial charge on any atom is -0.338 e. The summed E-state index contributed by atoms with van der Waals surface area (Å²) < 4.78 is 16.7. The molecule has 0 saturated heterocycles. The van der Waals surface area contributed by atoms with E-state index in [9.17, 15) is 18.8 Å². The van der Waals surface area contributed by atoms with Crippen molar-refractivity contribution >= 4 is 16.9 Å². The molecule has 0 spiro atoms. The highest BCUT2D eigenvalue weighted by Gasteiger charge is 2.28. The minimum atomic E-state index is -0.655. The van der Waals surface area contributed by atoms with Crippen LogP contribution in [0.3, 0.4) is 0 Å². The molecule has 1 atom stereocenters. The number of halogens is 1. The number of hydrogen-bond donors (Lipinski definition) is 2. The third-order valence-electron chi connectivity index (χ3n) is 5.55. The number of nitrogens with zero attached hydrogens (tertiary/aromatic N) is 4. The molecule has 0 aliphatic heterocycles. The number of rotatable bonds is 5. The van der Waals surface area contributed by atoms with Gasteiger partial charge in [0, 0.05) is 31.7 Å². The van der Waals surface area contributed by atoms with Gasteiger partial charge >= 0.3 is 5.69 Å². The van der Waals surface area contributed by atoms with Gasteiger partial charge in [-0.25, -0.2) is 19.2 Å². The number of imidazole rings is 1. The fourth-order valence-electron chi connectivity index (χ4n) is 3.76. The second-order valence-corrected chi connectivity index (χ2v) is 7.81. The third-order valence-corrected chi connectivity index (χ3v) is 5.55. The molecule has 9 nitrogen and oxygen atoms in total. The molecule has 1 unspecified atom stereocenters. The zero-order valence-corrected chi connectivity index (χ0v) is 17.1. The number of hydrogen-bond acceptors (Lipinski definition) is 5. The molecule has 3 aromatic heterocycles. The van der Waals surface area contributed by atoms with Crippen LogP contribution in [0.25, 0.3) is 11.0 Å². The van der Waals surface area contributed by atoms with Gasteiger partial charge in [-0.15, -0.1) is 0 Å². The molecule has 32 heavy (non-hydrogen) atoms. The topological polar surface area (TPSA) is 115 Å². The van der Waals surface area contributed by atoms with Crippen molar-refractivity contribution in [1.82, 2.24) is 29.4 Å². The van der Waals surface area contributed by atoms with Crippen LogP contribution in [-0.2, 0) is 7.05 Å². The Bertz CT molecular complexity index is 1450. The fourth-order valence-corrected chi connectivity index (χ4v) is 3.76. The SMILES string of the molecule is Cn1ccnc1C(NC(=O)c1cnc2c(c1)c(=O)[nH]c(=O)n2C1CC1)c1ccc(F)cc1. The van der Waals surface area contributed by atoms with Crippen molar-refractivity contribution < 1.29 is 9.18 Å². The summed E-state index contributed by atoms with van der Waals surface area (Å²) >= 11 is 0. The number of aryl methyl sites for hydroxylation is 1. The molecule has 1 fully saturated rings. The van der Waals surface area contributed by atoms with Crippen molar-refractivity contribution in [2.45, 2.75) is 24.9 Å². The van der Waals surface area contributed by atoms with E-state index in [1.54, 1.807) is 36.1 Å². The van der Waals surface area contributed by atoms with Gasteiger partial charge in [0.2, 0.25) is 0 Å². The highest BCUT2D eigenvalue weighted by molar-refractivity contribution is 5.97. The highest BCUT2D eigenvalue weighted by atomic mass is 19.1. The largest absolute Gasteiger partial charge is 0.338 e. The summed E-state index contributed by atoms with van der Waals surface area (Å²) in [5.41, 5.74) is -0.0328. The van der Waals surface area contributed by atoms with Gasteiger partial charge in [0.05, 0.1) is 10.9 Å². The molecule has 0 radical (unpaired) electrons. The van der Waals surface area contributed by atoms with Crippen molar-refractivity contribution in [3.63, 3.8) is 0 Å². The normalized spacial score (nSPS) is 14.4. The van der Waals surface area contributed by atoms with Gasteiger partial charge in [-0.2, -0.15) is 0 Å². The van der Waals surface area contributed by atoms with E-state index in [2.05, 4.69) is 20.3 Å². The van der Waals surface area contributed by atoms with Crippen LogP contribution in [0.2, 0.25) is 0 Å². The first-order valence-electron chi connectivity index (χ1n) is 10.1. The maximum Gasteiger partial charge on any atom is 0.330 e. The van der Waals surface area contributed by atoms with E-state index in [1.165, 1.54) is 29.0 Å². The maximum absolute atomic E-state index is 13.4. The molecule has 0 bridgehead atoms. The standard InChI is InChI=1S/C22H19FN6O3/c1-28-9-8-24-19(28)17(12-2-4-14(23)5-3-12)26-20(30)13-10-16-18(25-11-13)29(15-6-7-15)22(32)27-21(16)31/h2-5,8-11,15,17H,6-7H2,1H3,(H,26,30)(H,27,31,32). The number of benzene rings is 1. The summed E-state index contributed by atoms with van der Waals surface area (Å²) in [5, 5.41) is 3.06. The van der Waals surface area contributed by atoms with Crippen molar-refractivity contribution in [1.29, 1.82) is 0 Å². The van der Waals surface area contributed by atoms with Crippen LogP contribution in [0.4, 0.5) is 4.39 Å². The van der Waals surface area contributed by atoms with Gasteiger partial charge in [-0.1, -0.05) is 12.1 Å². The first-order valence-corrected chi connectivity index (χ1v) is 10.1. The number of nitrogens with one attached hydrogen (secondary N) is 2. The molecule has 2 N–H and O–H groups in total. The number of aromatic nitrogens is 5. The van der Waals surface area contributed by atoms with Crippen LogP contribution in [0.1, 0.15) is 46.7 Å². The van der Waals surface area contributed by atoms with Crippen LogP contribution in [0.5, 0.6) is 0 Å². The Labute approximate surface area is 180 Å². The first kappa shape index (κ1) is 19.9. The van der Waals surface area contributed by atoms with Crippen LogP contribution in [-0.4, -0.2) is 30.0 Å². The molecule has 1 amide bonds. The van der Waals surface area contributed by atoms with E-state index in [1.807, 2.05) is 0 Å². The zero-order chi connectivity index (χ0) is 22.4. The number of aromatic amines is 1. The van der Waals surface area contributed by atoms with Crippen LogP contribution < -0.4 is 16.6 Å². The zero-order valence-electron chi connectivity index (χ0n) is 17.1. The molecular weight excluding hydrogens is 415 g/mol. The molecule has 1 saturated carbocycles. The van der Waals surface area contributed by atoms with Crippen LogP contribution >= 0.6 is 0 Å². The number of pyridine rings is 1. The number of amides is 1.